The first-order valence-corrected chi connectivity index (χ1v) is 9.54. The van der Waals surface area contributed by atoms with Gasteiger partial charge in [-0.25, -0.2) is 0 Å². The molecule has 0 spiro atoms. The molecule has 1 amide bonds. The minimum Gasteiger partial charge on any atom is -0.497 e. The Morgan fingerprint density at radius 1 is 1.12 bits per heavy atom. The molecule has 5 nitrogen and oxygen atoms in total. The number of nitrogens with zero attached hydrogens (tertiary/aromatic N) is 1. The molecule has 0 bridgehead atoms. The third-order valence-corrected chi connectivity index (χ3v) is 5.91. The van der Waals surface area contributed by atoms with Crippen LogP contribution in [0.4, 0.5) is 0 Å². The number of carbonyl (C=O) groups is 1. The highest BCUT2D eigenvalue weighted by atomic mass is 16.7. The Labute approximate surface area is 157 Å². The van der Waals surface area contributed by atoms with Crippen molar-refractivity contribution < 1.29 is 18.8 Å². The number of benzene rings is 1. The van der Waals surface area contributed by atoms with E-state index < -0.39 is 18.3 Å². The summed E-state index contributed by atoms with van der Waals surface area (Å²) in [7, 11) is 1.16. The maximum Gasteiger partial charge on any atom is 0.495 e. The van der Waals surface area contributed by atoms with E-state index in [0.717, 1.165) is 42.7 Å². The molecule has 2 heterocycles. The summed E-state index contributed by atoms with van der Waals surface area (Å²) in [4.78, 5) is 14.8. The van der Waals surface area contributed by atoms with Crippen molar-refractivity contribution in [2.75, 3.05) is 20.2 Å². The standard InChI is InChI=1S/C20H30BNO4/c1-19(2)20(3,4)26-21(25-19)17-10-9-16(24-5)13-15(17)14-18(23)22-11-7-6-8-12-22/h9-10,13H,6-8,11-12,14H2,1-5H3. The maximum absolute atomic E-state index is 12.8. The zero-order valence-electron chi connectivity index (χ0n) is 16.6. The van der Waals surface area contributed by atoms with Crippen LogP contribution in [0.25, 0.3) is 0 Å². The van der Waals surface area contributed by atoms with Crippen LogP contribution >= 0.6 is 0 Å². The van der Waals surface area contributed by atoms with E-state index in [4.69, 9.17) is 14.0 Å². The van der Waals surface area contributed by atoms with Gasteiger partial charge in [-0.2, -0.15) is 0 Å². The van der Waals surface area contributed by atoms with Gasteiger partial charge in [-0.1, -0.05) is 6.07 Å². The molecule has 0 N–H and O–H groups in total. The fourth-order valence-electron chi connectivity index (χ4n) is 3.48. The van der Waals surface area contributed by atoms with E-state index >= 15 is 0 Å². The largest absolute Gasteiger partial charge is 0.497 e. The van der Waals surface area contributed by atoms with Crippen LogP contribution in [0.2, 0.25) is 0 Å². The van der Waals surface area contributed by atoms with Gasteiger partial charge in [-0.3, -0.25) is 4.79 Å². The van der Waals surface area contributed by atoms with Gasteiger partial charge >= 0.3 is 7.12 Å². The fourth-order valence-corrected chi connectivity index (χ4v) is 3.48. The lowest BCUT2D eigenvalue weighted by Crippen LogP contribution is -2.41. The quantitative estimate of drug-likeness (QED) is 0.776. The van der Waals surface area contributed by atoms with Crippen LogP contribution in [-0.2, 0) is 20.5 Å². The van der Waals surface area contributed by atoms with Crippen molar-refractivity contribution in [1.82, 2.24) is 4.90 Å². The summed E-state index contributed by atoms with van der Waals surface area (Å²) in [6, 6.07) is 5.79. The monoisotopic (exact) mass is 359 g/mol. The van der Waals surface area contributed by atoms with Gasteiger partial charge in [-0.15, -0.1) is 0 Å². The van der Waals surface area contributed by atoms with E-state index in [2.05, 4.69) is 0 Å². The van der Waals surface area contributed by atoms with Crippen molar-refractivity contribution in [3.8, 4) is 5.75 Å². The molecule has 0 atom stereocenters. The van der Waals surface area contributed by atoms with Crippen LogP contribution in [0, 0.1) is 0 Å². The smallest absolute Gasteiger partial charge is 0.495 e. The number of ether oxygens (including phenoxy) is 1. The first-order valence-electron chi connectivity index (χ1n) is 9.54. The van der Waals surface area contributed by atoms with Crippen LogP contribution in [0.3, 0.4) is 0 Å². The second-order valence-corrected chi connectivity index (χ2v) is 8.27. The Bertz CT molecular complexity index is 652. The van der Waals surface area contributed by atoms with E-state index in [0.29, 0.717) is 6.42 Å². The number of rotatable bonds is 4. The van der Waals surface area contributed by atoms with Gasteiger partial charge in [-0.05, 0) is 70.1 Å². The molecule has 1 aromatic carbocycles. The molecular weight excluding hydrogens is 329 g/mol. The van der Waals surface area contributed by atoms with Gasteiger partial charge in [0.15, 0.2) is 0 Å². The van der Waals surface area contributed by atoms with Gasteiger partial charge in [0, 0.05) is 13.1 Å². The topological polar surface area (TPSA) is 48.0 Å². The third kappa shape index (κ3) is 3.76. The summed E-state index contributed by atoms with van der Waals surface area (Å²) in [5.41, 5.74) is 1.01. The van der Waals surface area contributed by atoms with Crippen molar-refractivity contribution in [3.63, 3.8) is 0 Å². The summed E-state index contributed by atoms with van der Waals surface area (Å²) in [5, 5.41) is 0. The Morgan fingerprint density at radius 3 is 2.31 bits per heavy atom. The lowest BCUT2D eigenvalue weighted by molar-refractivity contribution is -0.131. The SMILES string of the molecule is COc1ccc(B2OC(C)(C)C(C)(C)O2)c(CC(=O)N2CCCCC2)c1. The molecule has 1 aromatic rings. The highest BCUT2D eigenvalue weighted by Gasteiger charge is 2.52. The van der Waals surface area contributed by atoms with Gasteiger partial charge in [0.25, 0.3) is 0 Å². The molecule has 0 saturated carbocycles. The third-order valence-electron chi connectivity index (χ3n) is 5.91. The number of hydrogen-bond donors (Lipinski definition) is 0. The minimum atomic E-state index is -0.477. The van der Waals surface area contributed by atoms with Crippen molar-refractivity contribution >= 4 is 18.5 Å². The Morgan fingerprint density at radius 2 is 1.73 bits per heavy atom. The lowest BCUT2D eigenvalue weighted by atomic mass is 9.75. The summed E-state index contributed by atoms with van der Waals surface area (Å²) in [6.07, 6.45) is 3.74. The van der Waals surface area contributed by atoms with Crippen molar-refractivity contribution in [3.05, 3.63) is 23.8 Å². The molecule has 3 rings (SSSR count). The molecule has 0 radical (unpaired) electrons. The molecule has 0 aromatic heterocycles. The molecule has 2 aliphatic heterocycles. The van der Waals surface area contributed by atoms with E-state index in [1.807, 2.05) is 50.8 Å². The minimum absolute atomic E-state index is 0.163. The first kappa shape index (κ1) is 19.2. The summed E-state index contributed by atoms with van der Waals surface area (Å²) >= 11 is 0. The molecule has 6 heteroatoms. The molecule has 0 unspecified atom stereocenters. The van der Waals surface area contributed by atoms with Crippen LogP contribution in [0.5, 0.6) is 5.75 Å². The number of carbonyl (C=O) groups excluding carboxylic acids is 1. The van der Waals surface area contributed by atoms with E-state index in [1.165, 1.54) is 6.42 Å². The zero-order chi connectivity index (χ0) is 18.9. The Balaban J connectivity index is 1.85. The first-order chi connectivity index (χ1) is 12.2. The molecular formula is C20H30BNO4. The average molecular weight is 359 g/mol. The molecule has 2 fully saturated rings. The van der Waals surface area contributed by atoms with Crippen LogP contribution in [0.15, 0.2) is 18.2 Å². The number of hydrogen-bond acceptors (Lipinski definition) is 4. The normalized spacial score (nSPS) is 21.7. The fraction of sp³-hybridized carbons (Fsp3) is 0.650. The second-order valence-electron chi connectivity index (χ2n) is 8.27. The number of methoxy groups -OCH3 is 1. The molecule has 2 saturated heterocycles. The second kappa shape index (κ2) is 7.24. The maximum atomic E-state index is 12.8. The van der Waals surface area contributed by atoms with Crippen molar-refractivity contribution in [1.29, 1.82) is 0 Å². The van der Waals surface area contributed by atoms with Crippen molar-refractivity contribution in [2.24, 2.45) is 0 Å². The molecule has 142 valence electrons. The Kier molecular flexibility index (Phi) is 5.36. The average Bonchev–Trinajstić information content (AvgIpc) is 2.83. The number of likely N-dealkylation sites (tertiary alicyclic amines) is 1. The predicted molar refractivity (Wildman–Crippen MR) is 103 cm³/mol. The van der Waals surface area contributed by atoms with E-state index in [9.17, 15) is 4.79 Å². The van der Waals surface area contributed by atoms with Gasteiger partial charge in [0.2, 0.25) is 5.91 Å². The number of amides is 1. The van der Waals surface area contributed by atoms with Crippen LogP contribution in [-0.4, -0.2) is 49.3 Å². The summed E-state index contributed by atoms with van der Waals surface area (Å²) in [6.45, 7) is 9.86. The van der Waals surface area contributed by atoms with Crippen molar-refractivity contribution in [2.45, 2.75) is 64.6 Å². The Hall–Kier alpha value is -1.53. The zero-order valence-corrected chi connectivity index (χ0v) is 16.6. The molecule has 2 aliphatic rings. The van der Waals surface area contributed by atoms with E-state index in [1.54, 1.807) is 7.11 Å². The predicted octanol–water partition coefficient (Wildman–Crippen LogP) is 2.55. The molecule has 0 aliphatic carbocycles. The van der Waals surface area contributed by atoms with Gasteiger partial charge in [0.05, 0.1) is 24.7 Å². The lowest BCUT2D eigenvalue weighted by Gasteiger charge is -2.32. The highest BCUT2D eigenvalue weighted by Crippen LogP contribution is 2.37. The summed E-state index contributed by atoms with van der Waals surface area (Å²) in [5.74, 6) is 0.905. The van der Waals surface area contributed by atoms with Gasteiger partial charge in [0.1, 0.15) is 5.75 Å². The van der Waals surface area contributed by atoms with Gasteiger partial charge < -0.3 is 18.9 Å². The van der Waals surface area contributed by atoms with E-state index in [-0.39, 0.29) is 5.91 Å². The molecule has 26 heavy (non-hydrogen) atoms. The van der Waals surface area contributed by atoms with Crippen LogP contribution < -0.4 is 10.2 Å². The van der Waals surface area contributed by atoms with Crippen LogP contribution in [0.1, 0.15) is 52.5 Å². The summed E-state index contributed by atoms with van der Waals surface area (Å²) < 4.78 is 17.8. The highest BCUT2D eigenvalue weighted by molar-refractivity contribution is 6.62. The number of piperidine rings is 1.